The Bertz CT molecular complexity index is 535. The zero-order valence-corrected chi connectivity index (χ0v) is 12.7. The van der Waals surface area contributed by atoms with Crippen molar-refractivity contribution in [3.05, 3.63) is 35.4 Å². The summed E-state index contributed by atoms with van der Waals surface area (Å²) in [7, 11) is 0. The van der Waals surface area contributed by atoms with Crippen molar-refractivity contribution in [2.24, 2.45) is 0 Å². The fraction of sp³-hybridized carbons (Fsp3) is 0.467. The molecule has 0 heterocycles. The van der Waals surface area contributed by atoms with Crippen LogP contribution in [0, 0.1) is 11.6 Å². The maximum Gasteiger partial charge on any atom is 0.410 e. The number of rotatable bonds is 5. The lowest BCUT2D eigenvalue weighted by Gasteiger charge is -2.27. The van der Waals surface area contributed by atoms with Crippen LogP contribution in [-0.4, -0.2) is 34.2 Å². The van der Waals surface area contributed by atoms with Crippen molar-refractivity contribution in [3.8, 4) is 0 Å². The third-order valence-corrected chi connectivity index (χ3v) is 2.66. The summed E-state index contributed by atoms with van der Waals surface area (Å²) in [5, 5.41) is 8.73. The van der Waals surface area contributed by atoms with Crippen LogP contribution < -0.4 is 0 Å². The molecular weight excluding hydrogens is 296 g/mol. The number of hydrogen-bond donors (Lipinski definition) is 1. The Kier molecular flexibility index (Phi) is 5.84. The Labute approximate surface area is 127 Å². The van der Waals surface area contributed by atoms with Crippen LogP contribution in [-0.2, 0) is 16.1 Å². The van der Waals surface area contributed by atoms with Crippen molar-refractivity contribution in [2.75, 3.05) is 6.54 Å². The van der Waals surface area contributed by atoms with Crippen LogP contribution in [0.15, 0.2) is 18.2 Å². The molecule has 1 rings (SSSR count). The van der Waals surface area contributed by atoms with Gasteiger partial charge in [-0.15, -0.1) is 0 Å². The molecule has 0 aliphatic heterocycles. The summed E-state index contributed by atoms with van der Waals surface area (Å²) in [6, 6.07) is 3.36. The molecule has 0 aliphatic carbocycles. The highest BCUT2D eigenvalue weighted by Gasteiger charge is 2.24. The number of benzene rings is 1. The van der Waals surface area contributed by atoms with E-state index in [2.05, 4.69) is 0 Å². The van der Waals surface area contributed by atoms with Crippen molar-refractivity contribution in [3.63, 3.8) is 0 Å². The molecule has 22 heavy (non-hydrogen) atoms. The molecule has 0 spiro atoms. The number of amides is 1. The van der Waals surface area contributed by atoms with Crippen molar-refractivity contribution >= 4 is 12.1 Å². The summed E-state index contributed by atoms with van der Waals surface area (Å²) in [5.74, 6) is -2.73. The van der Waals surface area contributed by atoms with E-state index < -0.39 is 35.8 Å². The van der Waals surface area contributed by atoms with Crippen LogP contribution in [0.25, 0.3) is 0 Å². The lowest BCUT2D eigenvalue weighted by atomic mass is 10.1. The van der Waals surface area contributed by atoms with E-state index >= 15 is 0 Å². The summed E-state index contributed by atoms with van der Waals surface area (Å²) >= 11 is 0. The van der Waals surface area contributed by atoms with E-state index in [-0.39, 0.29) is 18.5 Å². The molecule has 0 saturated carbocycles. The number of ether oxygens (including phenoxy) is 1. The first-order chi connectivity index (χ1) is 10.1. The summed E-state index contributed by atoms with van der Waals surface area (Å²) < 4.78 is 32.5. The van der Waals surface area contributed by atoms with E-state index in [4.69, 9.17) is 9.84 Å². The van der Waals surface area contributed by atoms with Crippen LogP contribution in [0.2, 0.25) is 0 Å². The van der Waals surface area contributed by atoms with Gasteiger partial charge in [0.2, 0.25) is 0 Å². The fourth-order valence-electron chi connectivity index (χ4n) is 1.67. The van der Waals surface area contributed by atoms with Crippen molar-refractivity contribution in [1.29, 1.82) is 0 Å². The summed E-state index contributed by atoms with van der Waals surface area (Å²) in [6.07, 6.45) is -1.17. The van der Waals surface area contributed by atoms with E-state index in [0.29, 0.717) is 0 Å². The number of carbonyl (C=O) groups is 2. The first-order valence-corrected chi connectivity index (χ1v) is 6.73. The third kappa shape index (κ3) is 5.67. The van der Waals surface area contributed by atoms with Gasteiger partial charge < -0.3 is 14.7 Å². The van der Waals surface area contributed by atoms with Gasteiger partial charge in [0, 0.05) is 12.1 Å². The first kappa shape index (κ1) is 17.9. The largest absolute Gasteiger partial charge is 0.481 e. The number of halogens is 2. The highest BCUT2D eigenvalue weighted by molar-refractivity contribution is 5.71. The molecule has 0 aliphatic rings. The predicted molar refractivity (Wildman–Crippen MR) is 75.3 cm³/mol. The predicted octanol–water partition coefficient (Wildman–Crippen LogP) is 3.18. The minimum atomic E-state index is -1.12. The van der Waals surface area contributed by atoms with Crippen molar-refractivity contribution in [1.82, 2.24) is 4.90 Å². The SMILES string of the molecule is CC(C)(C)OC(=O)N(CCC(=O)O)Cc1c(F)cccc1F. The molecule has 122 valence electrons. The van der Waals surface area contributed by atoms with Crippen LogP contribution in [0.5, 0.6) is 0 Å². The molecule has 0 bridgehead atoms. The van der Waals surface area contributed by atoms with Gasteiger partial charge >= 0.3 is 12.1 Å². The monoisotopic (exact) mass is 315 g/mol. The maximum absolute atomic E-state index is 13.7. The van der Waals surface area contributed by atoms with Gasteiger partial charge in [0.15, 0.2) is 0 Å². The van der Waals surface area contributed by atoms with Gasteiger partial charge in [-0.05, 0) is 32.9 Å². The molecule has 1 aromatic carbocycles. The van der Waals surface area contributed by atoms with Crippen molar-refractivity contribution < 1.29 is 28.2 Å². The van der Waals surface area contributed by atoms with E-state index in [1.54, 1.807) is 20.8 Å². The number of aliphatic carboxylic acids is 1. The lowest BCUT2D eigenvalue weighted by Crippen LogP contribution is -2.38. The van der Waals surface area contributed by atoms with Gasteiger partial charge in [0.1, 0.15) is 17.2 Å². The van der Waals surface area contributed by atoms with E-state index in [9.17, 15) is 18.4 Å². The van der Waals surface area contributed by atoms with Crippen LogP contribution in [0.1, 0.15) is 32.8 Å². The zero-order valence-electron chi connectivity index (χ0n) is 12.7. The van der Waals surface area contributed by atoms with Gasteiger partial charge in [0.25, 0.3) is 0 Å². The highest BCUT2D eigenvalue weighted by Crippen LogP contribution is 2.17. The first-order valence-electron chi connectivity index (χ1n) is 6.73. The van der Waals surface area contributed by atoms with Crippen LogP contribution in [0.4, 0.5) is 13.6 Å². The Morgan fingerprint density at radius 1 is 1.23 bits per heavy atom. The normalized spacial score (nSPS) is 11.1. The summed E-state index contributed by atoms with van der Waals surface area (Å²) in [6.45, 7) is 4.32. The number of hydrogen-bond acceptors (Lipinski definition) is 3. The summed E-state index contributed by atoms with van der Waals surface area (Å²) in [5.41, 5.74) is -1.11. The summed E-state index contributed by atoms with van der Waals surface area (Å²) in [4.78, 5) is 23.7. The molecule has 0 saturated heterocycles. The third-order valence-electron chi connectivity index (χ3n) is 2.66. The molecule has 5 nitrogen and oxygen atoms in total. The average molecular weight is 315 g/mol. The Morgan fingerprint density at radius 2 is 1.77 bits per heavy atom. The van der Waals surface area contributed by atoms with Gasteiger partial charge in [-0.25, -0.2) is 13.6 Å². The van der Waals surface area contributed by atoms with E-state index in [1.165, 1.54) is 6.07 Å². The minimum absolute atomic E-state index is 0.210. The molecular formula is C15H19F2NO4. The molecule has 0 fully saturated rings. The van der Waals surface area contributed by atoms with E-state index in [1.807, 2.05) is 0 Å². The Morgan fingerprint density at radius 3 is 2.23 bits per heavy atom. The second-order valence-corrected chi connectivity index (χ2v) is 5.75. The highest BCUT2D eigenvalue weighted by atomic mass is 19.1. The second kappa shape index (κ2) is 7.20. The molecule has 0 atom stereocenters. The zero-order chi connectivity index (χ0) is 16.9. The number of carboxylic acids is 1. The standard InChI is InChI=1S/C15H19F2NO4/c1-15(2,3)22-14(21)18(8-7-13(19)20)9-10-11(16)5-4-6-12(10)17/h4-6H,7-9H2,1-3H3,(H,19,20). The minimum Gasteiger partial charge on any atom is -0.481 e. The molecule has 0 unspecified atom stereocenters. The number of nitrogens with zero attached hydrogens (tertiary/aromatic N) is 1. The Balaban J connectivity index is 2.95. The van der Waals surface area contributed by atoms with Crippen molar-refractivity contribution in [2.45, 2.75) is 39.3 Å². The smallest absolute Gasteiger partial charge is 0.410 e. The molecule has 0 radical (unpaired) electrons. The van der Waals surface area contributed by atoms with Crippen LogP contribution >= 0.6 is 0 Å². The molecule has 0 aromatic heterocycles. The quantitative estimate of drug-likeness (QED) is 0.906. The fourth-order valence-corrected chi connectivity index (χ4v) is 1.67. The van der Waals surface area contributed by atoms with Gasteiger partial charge in [-0.3, -0.25) is 4.79 Å². The van der Waals surface area contributed by atoms with Gasteiger partial charge in [-0.1, -0.05) is 6.07 Å². The number of carbonyl (C=O) groups excluding carboxylic acids is 1. The van der Waals surface area contributed by atoms with Crippen LogP contribution in [0.3, 0.4) is 0 Å². The maximum atomic E-state index is 13.7. The second-order valence-electron chi connectivity index (χ2n) is 5.75. The van der Waals surface area contributed by atoms with E-state index in [0.717, 1.165) is 17.0 Å². The Hall–Kier alpha value is -2.18. The van der Waals surface area contributed by atoms with Gasteiger partial charge in [0.05, 0.1) is 13.0 Å². The molecule has 1 aromatic rings. The topological polar surface area (TPSA) is 66.8 Å². The van der Waals surface area contributed by atoms with Gasteiger partial charge in [-0.2, -0.15) is 0 Å². The average Bonchev–Trinajstić information content (AvgIpc) is 2.34. The number of carboxylic acid groups (broad SMARTS) is 1. The molecule has 7 heteroatoms. The molecule has 1 amide bonds. The molecule has 1 N–H and O–H groups in total. The lowest BCUT2D eigenvalue weighted by molar-refractivity contribution is -0.137.